The van der Waals surface area contributed by atoms with Gasteiger partial charge < -0.3 is 18.9 Å². The third kappa shape index (κ3) is 5.78. The van der Waals surface area contributed by atoms with Crippen molar-refractivity contribution in [3.63, 3.8) is 0 Å². The van der Waals surface area contributed by atoms with E-state index < -0.39 is 0 Å². The number of carbonyl (C=O) groups is 1. The van der Waals surface area contributed by atoms with Gasteiger partial charge in [-0.3, -0.25) is 0 Å². The van der Waals surface area contributed by atoms with E-state index in [-0.39, 0.29) is 17.8 Å². The lowest BCUT2D eigenvalue weighted by Crippen LogP contribution is -2.11. The Morgan fingerprint density at radius 2 is 1.81 bits per heavy atom. The predicted octanol–water partition coefficient (Wildman–Crippen LogP) is 4.83. The van der Waals surface area contributed by atoms with Gasteiger partial charge in [-0.05, 0) is 45.1 Å². The van der Waals surface area contributed by atoms with Gasteiger partial charge >= 0.3 is 5.97 Å². The topological polar surface area (TPSA) is 54.0 Å². The second-order valence-corrected chi connectivity index (χ2v) is 6.24. The maximum absolute atomic E-state index is 11.7. The summed E-state index contributed by atoms with van der Waals surface area (Å²) in [5, 5.41) is 0. The highest BCUT2D eigenvalue weighted by molar-refractivity contribution is 5.81. The van der Waals surface area contributed by atoms with E-state index in [9.17, 15) is 4.79 Å². The first kappa shape index (κ1) is 22.6. The summed E-state index contributed by atoms with van der Waals surface area (Å²) in [6.07, 6.45) is 8.32. The molecule has 0 bridgehead atoms. The van der Waals surface area contributed by atoms with Crippen LogP contribution in [0.3, 0.4) is 0 Å². The summed E-state index contributed by atoms with van der Waals surface area (Å²) in [5.41, 5.74) is 1.91. The monoisotopic (exact) mass is 376 g/mol. The number of methoxy groups -OCH3 is 3. The Morgan fingerprint density at radius 3 is 2.33 bits per heavy atom. The van der Waals surface area contributed by atoms with Gasteiger partial charge in [0.15, 0.2) is 11.5 Å². The van der Waals surface area contributed by atoms with Crippen LogP contribution in [0.5, 0.6) is 17.2 Å². The van der Waals surface area contributed by atoms with Crippen LogP contribution in [-0.2, 0) is 9.53 Å². The number of rotatable bonds is 10. The second-order valence-electron chi connectivity index (χ2n) is 6.24. The van der Waals surface area contributed by atoms with Crippen molar-refractivity contribution in [3.05, 3.63) is 41.5 Å². The van der Waals surface area contributed by atoms with Crippen molar-refractivity contribution in [2.75, 3.05) is 27.9 Å². The molecule has 0 fully saturated rings. The fourth-order valence-electron chi connectivity index (χ4n) is 3.19. The third-order valence-electron chi connectivity index (χ3n) is 4.56. The first-order valence-corrected chi connectivity index (χ1v) is 9.20. The minimum atomic E-state index is -0.329. The van der Waals surface area contributed by atoms with E-state index in [4.69, 9.17) is 18.9 Å². The summed E-state index contributed by atoms with van der Waals surface area (Å²) in [6.45, 7) is 8.18. The van der Waals surface area contributed by atoms with E-state index in [1.54, 1.807) is 28.3 Å². The van der Waals surface area contributed by atoms with E-state index in [1.807, 2.05) is 32.1 Å². The van der Waals surface area contributed by atoms with Gasteiger partial charge in [0.25, 0.3) is 0 Å². The number of hydrogen-bond donors (Lipinski definition) is 0. The Labute approximate surface area is 163 Å². The van der Waals surface area contributed by atoms with Gasteiger partial charge in [0.2, 0.25) is 0 Å². The van der Waals surface area contributed by atoms with Crippen LogP contribution < -0.4 is 14.2 Å². The summed E-state index contributed by atoms with van der Waals surface area (Å²) in [7, 11) is 4.90. The Morgan fingerprint density at radius 1 is 1.15 bits per heavy atom. The first-order chi connectivity index (χ1) is 12.9. The molecule has 0 spiro atoms. The molecule has 1 aromatic rings. The lowest BCUT2D eigenvalue weighted by atomic mass is 9.82. The lowest BCUT2D eigenvalue weighted by molar-refractivity contribution is -0.137. The summed E-state index contributed by atoms with van der Waals surface area (Å²) in [6, 6.07) is 1.97. The Hall–Kier alpha value is -2.43. The van der Waals surface area contributed by atoms with Crippen LogP contribution in [0.1, 0.15) is 44.2 Å². The molecule has 0 N–H and O–H groups in total. The van der Waals surface area contributed by atoms with Crippen molar-refractivity contribution in [1.29, 1.82) is 0 Å². The molecule has 0 aromatic heterocycles. The standard InChI is InChI=1S/C22H32O5/c1-8-10-11-17(15(3)12-13-20(23)27-9-2)18-14-19(24-5)22(26-7)16(4)21(18)25-6/h8,10,12-15,17H,9,11H2,1-7H3/b10-8+,13-12+/t15-,17?/m1/s1. The van der Waals surface area contributed by atoms with Crippen molar-refractivity contribution in [2.24, 2.45) is 5.92 Å². The highest BCUT2D eigenvalue weighted by Crippen LogP contribution is 2.45. The maximum Gasteiger partial charge on any atom is 0.330 e. The molecule has 1 unspecified atom stereocenters. The molecular formula is C22H32O5. The molecule has 0 aliphatic rings. The average Bonchev–Trinajstić information content (AvgIpc) is 2.66. The molecule has 0 aliphatic carbocycles. The highest BCUT2D eigenvalue weighted by atomic mass is 16.5. The van der Waals surface area contributed by atoms with Gasteiger partial charge in [0.1, 0.15) is 5.75 Å². The number of benzene rings is 1. The molecule has 1 rings (SSSR count). The van der Waals surface area contributed by atoms with Crippen LogP contribution in [0.4, 0.5) is 0 Å². The third-order valence-corrected chi connectivity index (χ3v) is 4.56. The molecule has 2 atom stereocenters. The zero-order valence-corrected chi connectivity index (χ0v) is 17.5. The zero-order valence-electron chi connectivity index (χ0n) is 17.5. The van der Waals surface area contributed by atoms with Crippen LogP contribution >= 0.6 is 0 Å². The van der Waals surface area contributed by atoms with Crippen LogP contribution in [0.25, 0.3) is 0 Å². The fraction of sp³-hybridized carbons (Fsp3) is 0.500. The number of esters is 1. The molecule has 1 aromatic carbocycles. The van der Waals surface area contributed by atoms with Crippen molar-refractivity contribution in [2.45, 2.75) is 40.0 Å². The quantitative estimate of drug-likeness (QED) is 0.333. The largest absolute Gasteiger partial charge is 0.496 e. The number of hydrogen-bond acceptors (Lipinski definition) is 5. The highest BCUT2D eigenvalue weighted by Gasteiger charge is 2.25. The Bertz CT molecular complexity index is 676. The zero-order chi connectivity index (χ0) is 20.4. The first-order valence-electron chi connectivity index (χ1n) is 9.20. The minimum Gasteiger partial charge on any atom is -0.496 e. The van der Waals surface area contributed by atoms with E-state index in [1.165, 1.54) is 6.08 Å². The van der Waals surface area contributed by atoms with Crippen LogP contribution in [0.15, 0.2) is 30.4 Å². The van der Waals surface area contributed by atoms with E-state index >= 15 is 0 Å². The normalized spacial score (nSPS) is 13.6. The molecule has 0 saturated carbocycles. The predicted molar refractivity (Wildman–Crippen MR) is 108 cm³/mol. The number of allylic oxidation sites excluding steroid dienone is 3. The van der Waals surface area contributed by atoms with Crippen molar-refractivity contribution >= 4 is 5.97 Å². The molecule has 0 amide bonds. The number of ether oxygens (including phenoxy) is 4. The van der Waals surface area contributed by atoms with Gasteiger partial charge in [-0.15, -0.1) is 0 Å². The minimum absolute atomic E-state index is 0.0806. The molecule has 5 nitrogen and oxygen atoms in total. The van der Waals surface area contributed by atoms with Crippen LogP contribution in [-0.4, -0.2) is 33.9 Å². The summed E-state index contributed by atoms with van der Waals surface area (Å²) in [5.74, 6) is 1.95. The summed E-state index contributed by atoms with van der Waals surface area (Å²) < 4.78 is 21.7. The van der Waals surface area contributed by atoms with Gasteiger partial charge in [0, 0.05) is 17.2 Å². The van der Waals surface area contributed by atoms with E-state index in [2.05, 4.69) is 13.0 Å². The van der Waals surface area contributed by atoms with E-state index in [0.717, 1.165) is 23.3 Å². The lowest BCUT2D eigenvalue weighted by Gasteiger charge is -2.26. The molecule has 0 saturated heterocycles. The molecule has 5 heteroatoms. The van der Waals surface area contributed by atoms with Gasteiger partial charge in [-0.1, -0.05) is 25.2 Å². The Kier molecular flexibility index (Phi) is 9.48. The second kappa shape index (κ2) is 11.3. The van der Waals surface area contributed by atoms with Crippen molar-refractivity contribution < 1.29 is 23.7 Å². The molecule has 0 radical (unpaired) electrons. The van der Waals surface area contributed by atoms with Gasteiger partial charge in [0.05, 0.1) is 27.9 Å². The SMILES string of the molecule is C/C=C/CC(c1cc(OC)c(OC)c(C)c1OC)[C@H](C)/C=C/C(=O)OCC. The van der Waals surface area contributed by atoms with Gasteiger partial charge in [-0.2, -0.15) is 0 Å². The van der Waals surface area contributed by atoms with Crippen LogP contribution in [0, 0.1) is 12.8 Å². The van der Waals surface area contributed by atoms with Crippen molar-refractivity contribution in [1.82, 2.24) is 0 Å². The maximum atomic E-state index is 11.7. The molecule has 0 aliphatic heterocycles. The number of carbonyl (C=O) groups excluding carboxylic acids is 1. The Balaban J connectivity index is 3.41. The average molecular weight is 376 g/mol. The van der Waals surface area contributed by atoms with E-state index in [0.29, 0.717) is 18.1 Å². The summed E-state index contributed by atoms with van der Waals surface area (Å²) >= 11 is 0. The molecular weight excluding hydrogens is 344 g/mol. The molecule has 0 heterocycles. The van der Waals surface area contributed by atoms with Gasteiger partial charge in [-0.25, -0.2) is 4.79 Å². The van der Waals surface area contributed by atoms with Crippen molar-refractivity contribution in [3.8, 4) is 17.2 Å². The molecule has 150 valence electrons. The molecule has 27 heavy (non-hydrogen) atoms. The smallest absolute Gasteiger partial charge is 0.330 e. The summed E-state index contributed by atoms with van der Waals surface area (Å²) in [4.78, 5) is 11.7. The fourth-order valence-corrected chi connectivity index (χ4v) is 3.19. The van der Waals surface area contributed by atoms with Crippen LogP contribution in [0.2, 0.25) is 0 Å².